The number of Topliss-reactive ketones (excluding diaryl/α,β-unsaturated/α-hetero) is 1. The molecule has 0 aliphatic heterocycles. The third-order valence-electron chi connectivity index (χ3n) is 2.03. The van der Waals surface area contributed by atoms with Crippen molar-refractivity contribution in [3.8, 4) is 0 Å². The number of alkyl halides is 1. The highest BCUT2D eigenvalue weighted by Gasteiger charge is 2.15. The Balaban J connectivity index is 2.95. The number of hydrogen-bond acceptors (Lipinski definition) is 2. The van der Waals surface area contributed by atoms with Crippen molar-refractivity contribution in [1.82, 2.24) is 0 Å². The van der Waals surface area contributed by atoms with Gasteiger partial charge in [-0.05, 0) is 19.4 Å². The zero-order chi connectivity index (χ0) is 10.8. The molecule has 0 fully saturated rings. The maximum Gasteiger partial charge on any atom is 0.193 e. The molecule has 0 saturated heterocycles. The molecule has 2 nitrogen and oxygen atoms in total. The Labute approximate surface area is 82.4 Å². The predicted octanol–water partition coefficient (Wildman–Crippen LogP) is 2.07. The Bertz CT molecular complexity index is 322. The van der Waals surface area contributed by atoms with Crippen LogP contribution in [-0.4, -0.2) is 17.6 Å². The highest BCUT2D eigenvalue weighted by atomic mass is 19.1. The quantitative estimate of drug-likeness (QED) is 0.751. The minimum absolute atomic E-state index is 0.334. The van der Waals surface area contributed by atoms with Crippen LogP contribution in [0.2, 0.25) is 0 Å². The largest absolute Gasteiger partial charge is 0.386 e. The fourth-order valence-corrected chi connectivity index (χ4v) is 1.14. The summed E-state index contributed by atoms with van der Waals surface area (Å²) in [6.07, 6.45) is 0. The number of benzene rings is 1. The molecule has 0 atom stereocenters. The van der Waals surface area contributed by atoms with Gasteiger partial charge in [-0.25, -0.2) is 4.39 Å². The molecule has 0 aliphatic carbocycles. The Kier molecular flexibility index (Phi) is 3.01. The number of hydrogen-bond donors (Lipinski definition) is 1. The van der Waals surface area contributed by atoms with E-state index in [9.17, 15) is 14.3 Å². The van der Waals surface area contributed by atoms with Gasteiger partial charge in [0.25, 0.3) is 0 Å². The van der Waals surface area contributed by atoms with E-state index in [4.69, 9.17) is 0 Å². The highest BCUT2D eigenvalue weighted by molar-refractivity contribution is 5.96. The fraction of sp³-hybridized carbons (Fsp3) is 0.364. The Hall–Kier alpha value is -1.22. The van der Waals surface area contributed by atoms with Crippen LogP contribution in [-0.2, 0) is 5.60 Å². The summed E-state index contributed by atoms with van der Waals surface area (Å²) < 4.78 is 12.0. The zero-order valence-electron chi connectivity index (χ0n) is 8.25. The van der Waals surface area contributed by atoms with Crippen LogP contribution in [0.15, 0.2) is 24.3 Å². The van der Waals surface area contributed by atoms with E-state index in [-0.39, 0.29) is 0 Å². The second-order valence-corrected chi connectivity index (χ2v) is 3.69. The number of carbonyl (C=O) groups excluding carboxylic acids is 1. The van der Waals surface area contributed by atoms with Gasteiger partial charge in [0.15, 0.2) is 12.5 Å². The molecule has 0 aliphatic rings. The zero-order valence-corrected chi connectivity index (χ0v) is 8.25. The molecule has 1 rings (SSSR count). The van der Waals surface area contributed by atoms with Gasteiger partial charge in [-0.3, -0.25) is 4.79 Å². The van der Waals surface area contributed by atoms with E-state index in [1.807, 2.05) is 0 Å². The molecule has 1 N–H and O–H groups in total. The second-order valence-electron chi connectivity index (χ2n) is 3.69. The molecule has 0 radical (unpaired) electrons. The van der Waals surface area contributed by atoms with Gasteiger partial charge in [0.1, 0.15) is 0 Å². The van der Waals surface area contributed by atoms with Gasteiger partial charge in [0.05, 0.1) is 5.60 Å². The predicted molar refractivity (Wildman–Crippen MR) is 52.0 cm³/mol. The van der Waals surface area contributed by atoms with Gasteiger partial charge in [0.2, 0.25) is 0 Å². The van der Waals surface area contributed by atoms with Crippen molar-refractivity contribution in [3.05, 3.63) is 35.4 Å². The van der Waals surface area contributed by atoms with E-state index >= 15 is 0 Å². The lowest BCUT2D eigenvalue weighted by atomic mass is 9.97. The first-order valence-corrected chi connectivity index (χ1v) is 4.37. The van der Waals surface area contributed by atoms with Crippen molar-refractivity contribution >= 4 is 5.78 Å². The average Bonchev–Trinajstić information content (AvgIpc) is 2.15. The molecule has 0 unspecified atom stereocenters. The molecule has 1 aromatic rings. The van der Waals surface area contributed by atoms with Gasteiger partial charge in [-0.1, -0.05) is 24.3 Å². The fourth-order valence-electron chi connectivity index (χ4n) is 1.14. The SMILES string of the molecule is CC(C)(O)c1ccc(C(=O)CF)cc1. The number of ketones is 1. The summed E-state index contributed by atoms with van der Waals surface area (Å²) in [5, 5.41) is 9.62. The number of rotatable bonds is 3. The summed E-state index contributed by atoms with van der Waals surface area (Å²) in [6, 6.07) is 6.30. The summed E-state index contributed by atoms with van der Waals surface area (Å²) in [5.41, 5.74) is 0.102. The van der Waals surface area contributed by atoms with E-state index < -0.39 is 18.1 Å². The smallest absolute Gasteiger partial charge is 0.193 e. The molecule has 0 heterocycles. The van der Waals surface area contributed by atoms with Crippen molar-refractivity contribution < 1.29 is 14.3 Å². The molecular formula is C11H13FO2. The van der Waals surface area contributed by atoms with Crippen molar-refractivity contribution in [2.24, 2.45) is 0 Å². The molecular weight excluding hydrogens is 183 g/mol. The van der Waals surface area contributed by atoms with Crippen molar-refractivity contribution in [3.63, 3.8) is 0 Å². The normalized spacial score (nSPS) is 11.4. The van der Waals surface area contributed by atoms with E-state index in [0.717, 1.165) is 0 Å². The van der Waals surface area contributed by atoms with Crippen LogP contribution in [0.1, 0.15) is 29.8 Å². The summed E-state index contributed by atoms with van der Waals surface area (Å²) in [5.74, 6) is -0.535. The van der Waals surface area contributed by atoms with Gasteiger partial charge in [0, 0.05) is 5.56 Å². The van der Waals surface area contributed by atoms with Crippen molar-refractivity contribution in [2.75, 3.05) is 6.67 Å². The molecule has 1 aromatic carbocycles. The lowest BCUT2D eigenvalue weighted by molar-refractivity contribution is 0.0784. The Morgan fingerprint density at radius 1 is 1.36 bits per heavy atom. The van der Waals surface area contributed by atoms with Crippen LogP contribution in [0, 0.1) is 0 Å². The number of halogens is 1. The van der Waals surface area contributed by atoms with Gasteiger partial charge < -0.3 is 5.11 Å². The maximum absolute atomic E-state index is 12.0. The van der Waals surface area contributed by atoms with E-state index in [1.165, 1.54) is 12.1 Å². The van der Waals surface area contributed by atoms with E-state index in [1.54, 1.807) is 26.0 Å². The third kappa shape index (κ3) is 2.39. The van der Waals surface area contributed by atoms with Crippen LogP contribution in [0.4, 0.5) is 4.39 Å². The van der Waals surface area contributed by atoms with Crippen molar-refractivity contribution in [1.29, 1.82) is 0 Å². The number of carbonyl (C=O) groups is 1. The summed E-state index contributed by atoms with van der Waals surface area (Å²) in [4.78, 5) is 10.9. The minimum atomic E-state index is -0.984. The van der Waals surface area contributed by atoms with E-state index in [0.29, 0.717) is 11.1 Å². The van der Waals surface area contributed by atoms with Crippen LogP contribution >= 0.6 is 0 Å². The first-order valence-electron chi connectivity index (χ1n) is 4.37. The molecule has 0 bridgehead atoms. The summed E-state index contributed by atoms with van der Waals surface area (Å²) in [7, 11) is 0. The van der Waals surface area contributed by atoms with Crippen LogP contribution in [0.25, 0.3) is 0 Å². The molecule has 76 valence electrons. The molecule has 0 saturated carbocycles. The third-order valence-corrected chi connectivity index (χ3v) is 2.03. The number of aliphatic hydroxyl groups is 1. The summed E-state index contributed by atoms with van der Waals surface area (Å²) >= 11 is 0. The first kappa shape index (κ1) is 10.9. The lowest BCUT2D eigenvalue weighted by Crippen LogP contribution is -2.15. The minimum Gasteiger partial charge on any atom is -0.386 e. The van der Waals surface area contributed by atoms with Gasteiger partial charge in [-0.2, -0.15) is 0 Å². The molecule has 0 amide bonds. The first-order chi connectivity index (χ1) is 6.45. The van der Waals surface area contributed by atoms with Crippen LogP contribution in [0.5, 0.6) is 0 Å². The highest BCUT2D eigenvalue weighted by Crippen LogP contribution is 2.19. The molecule has 0 aromatic heterocycles. The van der Waals surface area contributed by atoms with Crippen LogP contribution in [0.3, 0.4) is 0 Å². The second kappa shape index (κ2) is 3.88. The van der Waals surface area contributed by atoms with Gasteiger partial charge in [-0.15, -0.1) is 0 Å². The maximum atomic E-state index is 12.0. The molecule has 3 heteroatoms. The average molecular weight is 196 g/mol. The van der Waals surface area contributed by atoms with Gasteiger partial charge >= 0.3 is 0 Å². The monoisotopic (exact) mass is 196 g/mol. The van der Waals surface area contributed by atoms with E-state index in [2.05, 4.69) is 0 Å². The topological polar surface area (TPSA) is 37.3 Å². The Morgan fingerprint density at radius 2 is 1.86 bits per heavy atom. The summed E-state index contributed by atoms with van der Waals surface area (Å²) in [6.45, 7) is 2.32. The van der Waals surface area contributed by atoms with Crippen LogP contribution < -0.4 is 0 Å². The molecule has 0 spiro atoms. The Morgan fingerprint density at radius 3 is 2.21 bits per heavy atom. The standard InChI is InChI=1S/C11H13FO2/c1-11(2,14)9-5-3-8(4-6-9)10(13)7-12/h3-6,14H,7H2,1-2H3. The van der Waals surface area contributed by atoms with Crippen molar-refractivity contribution in [2.45, 2.75) is 19.4 Å². The lowest BCUT2D eigenvalue weighted by Gasteiger charge is -2.17. The molecule has 14 heavy (non-hydrogen) atoms.